The standard InChI is InChI=1S/C13H26O10/c1-2-5(16)8(18)12(6(17)3-14)23-13-11(21)10(20)9(19)7(4-15)22-13/h5-21H,2-4H2,1H3/t5?,6?,7-,8?,9-,10+,11-,12?,13-/m1/s1. The van der Waals surface area contributed by atoms with Crippen molar-refractivity contribution < 1.29 is 50.3 Å². The molecule has 1 fully saturated rings. The Morgan fingerprint density at radius 1 is 0.957 bits per heavy atom. The number of aliphatic hydroxyl groups excluding tert-OH is 8. The van der Waals surface area contributed by atoms with E-state index < -0.39 is 68.3 Å². The minimum Gasteiger partial charge on any atom is -0.394 e. The summed E-state index contributed by atoms with van der Waals surface area (Å²) in [5, 5.41) is 76.8. The van der Waals surface area contributed by atoms with Crippen LogP contribution < -0.4 is 0 Å². The molecule has 1 aliphatic heterocycles. The Hall–Kier alpha value is -0.400. The normalized spacial score (nSPS) is 37.2. The Bertz CT molecular complexity index is 341. The maximum absolute atomic E-state index is 9.99. The Balaban J connectivity index is 2.89. The van der Waals surface area contributed by atoms with Crippen LogP contribution in [0.4, 0.5) is 0 Å². The van der Waals surface area contributed by atoms with Gasteiger partial charge in [0.05, 0.1) is 19.3 Å². The summed E-state index contributed by atoms with van der Waals surface area (Å²) < 4.78 is 10.3. The van der Waals surface area contributed by atoms with Crippen LogP contribution in [0.25, 0.3) is 0 Å². The summed E-state index contributed by atoms with van der Waals surface area (Å²) in [5.41, 5.74) is 0. The summed E-state index contributed by atoms with van der Waals surface area (Å²) in [6, 6.07) is 0. The van der Waals surface area contributed by atoms with E-state index >= 15 is 0 Å². The molecule has 1 rings (SSSR count). The third-order valence-corrected chi connectivity index (χ3v) is 3.86. The van der Waals surface area contributed by atoms with Crippen LogP contribution in [0.1, 0.15) is 13.3 Å². The van der Waals surface area contributed by atoms with Gasteiger partial charge in [0.25, 0.3) is 0 Å². The highest BCUT2D eigenvalue weighted by atomic mass is 16.7. The number of ether oxygens (including phenoxy) is 2. The number of hydrogen-bond acceptors (Lipinski definition) is 10. The molecule has 4 unspecified atom stereocenters. The monoisotopic (exact) mass is 342 g/mol. The first-order valence-electron chi connectivity index (χ1n) is 7.39. The van der Waals surface area contributed by atoms with Crippen LogP contribution in [0.15, 0.2) is 0 Å². The van der Waals surface area contributed by atoms with Gasteiger partial charge in [-0.25, -0.2) is 0 Å². The van der Waals surface area contributed by atoms with E-state index in [9.17, 15) is 30.6 Å². The van der Waals surface area contributed by atoms with Crippen molar-refractivity contribution in [2.45, 2.75) is 68.5 Å². The predicted molar refractivity (Wildman–Crippen MR) is 74.0 cm³/mol. The molecule has 0 bridgehead atoms. The van der Waals surface area contributed by atoms with Crippen molar-refractivity contribution in [1.29, 1.82) is 0 Å². The minimum absolute atomic E-state index is 0.133. The second-order valence-corrected chi connectivity index (χ2v) is 5.51. The van der Waals surface area contributed by atoms with Gasteiger partial charge in [-0.1, -0.05) is 6.92 Å². The molecule has 0 aliphatic carbocycles. The second-order valence-electron chi connectivity index (χ2n) is 5.51. The highest BCUT2D eigenvalue weighted by Crippen LogP contribution is 2.25. The van der Waals surface area contributed by atoms with E-state index in [1.807, 2.05) is 0 Å². The van der Waals surface area contributed by atoms with Crippen LogP contribution in [0.2, 0.25) is 0 Å². The van der Waals surface area contributed by atoms with Crippen molar-refractivity contribution in [3.05, 3.63) is 0 Å². The van der Waals surface area contributed by atoms with Gasteiger partial charge in [-0.3, -0.25) is 0 Å². The summed E-state index contributed by atoms with van der Waals surface area (Å²) in [7, 11) is 0. The first kappa shape index (κ1) is 20.6. The predicted octanol–water partition coefficient (Wildman–Crippen LogP) is -4.34. The molecule has 1 aliphatic rings. The summed E-state index contributed by atoms with van der Waals surface area (Å²) in [6.45, 7) is 0.109. The highest BCUT2D eigenvalue weighted by molar-refractivity contribution is 4.91. The topological polar surface area (TPSA) is 180 Å². The maximum atomic E-state index is 9.99. The van der Waals surface area contributed by atoms with Gasteiger partial charge in [-0.2, -0.15) is 0 Å². The van der Waals surface area contributed by atoms with Gasteiger partial charge in [0, 0.05) is 0 Å². The molecule has 0 aromatic heterocycles. The zero-order chi connectivity index (χ0) is 17.7. The summed E-state index contributed by atoms with van der Waals surface area (Å²) >= 11 is 0. The molecule has 8 N–H and O–H groups in total. The number of aliphatic hydroxyl groups is 8. The SMILES string of the molecule is CCC(O)C(O)C(O[C@H]1O[C@H](CO)[C@@H](O)[C@H](O)[C@H]1O)C(O)CO. The van der Waals surface area contributed by atoms with Crippen molar-refractivity contribution in [3.8, 4) is 0 Å². The number of rotatable bonds is 8. The Kier molecular flexibility index (Phi) is 8.24. The van der Waals surface area contributed by atoms with Crippen LogP contribution >= 0.6 is 0 Å². The van der Waals surface area contributed by atoms with E-state index in [-0.39, 0.29) is 6.42 Å². The van der Waals surface area contributed by atoms with Crippen LogP contribution in [0, 0.1) is 0 Å². The molecule has 0 radical (unpaired) electrons. The molecular formula is C13H26O10. The molecule has 23 heavy (non-hydrogen) atoms. The van der Waals surface area contributed by atoms with Gasteiger partial charge < -0.3 is 50.3 Å². The van der Waals surface area contributed by atoms with E-state index in [0.29, 0.717) is 0 Å². The molecule has 9 atom stereocenters. The van der Waals surface area contributed by atoms with Crippen molar-refractivity contribution >= 4 is 0 Å². The molecule has 1 heterocycles. The summed E-state index contributed by atoms with van der Waals surface area (Å²) in [4.78, 5) is 0. The van der Waals surface area contributed by atoms with Crippen LogP contribution in [0.3, 0.4) is 0 Å². The Labute approximate surface area is 133 Å². The quantitative estimate of drug-likeness (QED) is 0.215. The third kappa shape index (κ3) is 4.79. The number of hydrogen-bond donors (Lipinski definition) is 8. The molecule has 0 aromatic carbocycles. The summed E-state index contributed by atoms with van der Waals surface area (Å²) in [6.07, 6.45) is -13.7. The van der Waals surface area contributed by atoms with E-state index in [4.69, 9.17) is 19.7 Å². The van der Waals surface area contributed by atoms with Gasteiger partial charge >= 0.3 is 0 Å². The zero-order valence-electron chi connectivity index (χ0n) is 12.7. The smallest absolute Gasteiger partial charge is 0.187 e. The fourth-order valence-corrected chi connectivity index (χ4v) is 2.30. The van der Waals surface area contributed by atoms with Crippen LogP contribution in [-0.2, 0) is 9.47 Å². The van der Waals surface area contributed by atoms with E-state index in [2.05, 4.69) is 0 Å². The molecule has 0 spiro atoms. The van der Waals surface area contributed by atoms with Crippen LogP contribution in [0.5, 0.6) is 0 Å². The lowest BCUT2D eigenvalue weighted by Gasteiger charge is -2.42. The van der Waals surface area contributed by atoms with Crippen molar-refractivity contribution in [2.75, 3.05) is 13.2 Å². The molecule has 0 aromatic rings. The first-order chi connectivity index (χ1) is 10.8. The molecule has 10 nitrogen and oxygen atoms in total. The molecular weight excluding hydrogens is 316 g/mol. The maximum Gasteiger partial charge on any atom is 0.187 e. The lowest BCUT2D eigenvalue weighted by Crippen LogP contribution is -2.61. The molecule has 0 saturated carbocycles. The second kappa shape index (κ2) is 9.18. The Morgan fingerprint density at radius 2 is 1.57 bits per heavy atom. The van der Waals surface area contributed by atoms with Gasteiger partial charge in [0.15, 0.2) is 6.29 Å². The average Bonchev–Trinajstić information content (AvgIpc) is 2.57. The fraction of sp³-hybridized carbons (Fsp3) is 1.00. The van der Waals surface area contributed by atoms with Gasteiger partial charge in [0.2, 0.25) is 0 Å². The first-order valence-corrected chi connectivity index (χ1v) is 7.39. The van der Waals surface area contributed by atoms with E-state index in [1.54, 1.807) is 6.92 Å². The molecule has 138 valence electrons. The van der Waals surface area contributed by atoms with Gasteiger partial charge in [-0.05, 0) is 6.42 Å². The van der Waals surface area contributed by atoms with Crippen molar-refractivity contribution in [2.24, 2.45) is 0 Å². The molecule has 0 amide bonds. The minimum atomic E-state index is -1.73. The zero-order valence-corrected chi connectivity index (χ0v) is 12.7. The van der Waals surface area contributed by atoms with Crippen LogP contribution in [-0.4, -0.2) is 109 Å². The third-order valence-electron chi connectivity index (χ3n) is 3.86. The fourth-order valence-electron chi connectivity index (χ4n) is 2.30. The lowest BCUT2D eigenvalue weighted by molar-refractivity contribution is -0.327. The largest absolute Gasteiger partial charge is 0.394 e. The average molecular weight is 342 g/mol. The van der Waals surface area contributed by atoms with E-state index in [0.717, 1.165) is 0 Å². The molecule has 1 saturated heterocycles. The highest BCUT2D eigenvalue weighted by Gasteiger charge is 2.46. The Morgan fingerprint density at radius 3 is 2.04 bits per heavy atom. The molecule has 10 heteroatoms. The summed E-state index contributed by atoms with van der Waals surface area (Å²) in [5.74, 6) is 0. The van der Waals surface area contributed by atoms with Gasteiger partial charge in [0.1, 0.15) is 42.7 Å². The van der Waals surface area contributed by atoms with Gasteiger partial charge in [-0.15, -0.1) is 0 Å². The van der Waals surface area contributed by atoms with Crippen molar-refractivity contribution in [1.82, 2.24) is 0 Å². The lowest BCUT2D eigenvalue weighted by atomic mass is 9.98. The van der Waals surface area contributed by atoms with Crippen molar-refractivity contribution in [3.63, 3.8) is 0 Å². The van der Waals surface area contributed by atoms with E-state index in [1.165, 1.54) is 0 Å².